The van der Waals surface area contributed by atoms with Gasteiger partial charge in [-0.3, -0.25) is 0 Å². The fourth-order valence-corrected chi connectivity index (χ4v) is 2.42. The first-order chi connectivity index (χ1) is 5.36. The Morgan fingerprint density at radius 1 is 1.64 bits per heavy atom. The average Bonchev–Trinajstić information content (AvgIpc) is 2.52. The van der Waals surface area contributed by atoms with E-state index in [1.54, 1.807) is 11.3 Å². The predicted molar refractivity (Wildman–Crippen MR) is 55.6 cm³/mol. The van der Waals surface area contributed by atoms with Gasteiger partial charge in [-0.25, -0.2) is 0 Å². The minimum Gasteiger partial charge on any atom is -0.152 e. The highest BCUT2D eigenvalue weighted by atomic mass is 79.9. The van der Waals surface area contributed by atoms with Crippen molar-refractivity contribution in [1.82, 2.24) is 0 Å². The topological polar surface area (TPSA) is 0 Å². The lowest BCUT2D eigenvalue weighted by Crippen LogP contribution is -2.03. The van der Waals surface area contributed by atoms with Gasteiger partial charge in [0.15, 0.2) is 0 Å². The molecule has 1 atom stereocenters. The van der Waals surface area contributed by atoms with Crippen LogP contribution in [0.1, 0.15) is 18.9 Å². The van der Waals surface area contributed by atoms with Crippen molar-refractivity contribution in [2.45, 2.75) is 19.8 Å². The van der Waals surface area contributed by atoms with E-state index in [2.05, 4.69) is 39.7 Å². The molecule has 0 aliphatic carbocycles. The van der Waals surface area contributed by atoms with Gasteiger partial charge < -0.3 is 0 Å². The Hall–Kier alpha value is 0.180. The van der Waals surface area contributed by atoms with Crippen molar-refractivity contribution in [1.29, 1.82) is 0 Å². The van der Waals surface area contributed by atoms with Crippen LogP contribution in [-0.4, -0.2) is 5.33 Å². The summed E-state index contributed by atoms with van der Waals surface area (Å²) in [5, 5.41) is 5.51. The summed E-state index contributed by atoms with van der Waals surface area (Å²) in [4.78, 5) is 0. The summed E-state index contributed by atoms with van der Waals surface area (Å²) >= 11 is 5.31. The third-order valence-electron chi connectivity index (χ3n) is 1.90. The zero-order chi connectivity index (χ0) is 8.10. The van der Waals surface area contributed by atoms with E-state index in [1.165, 1.54) is 18.4 Å². The smallest absolute Gasteiger partial charge is 0.00627 e. The molecule has 1 unspecified atom stereocenters. The lowest BCUT2D eigenvalue weighted by atomic mass is 10.0. The van der Waals surface area contributed by atoms with Crippen LogP contribution in [-0.2, 0) is 6.42 Å². The highest BCUT2D eigenvalue weighted by Gasteiger charge is 2.04. The van der Waals surface area contributed by atoms with Crippen LogP contribution < -0.4 is 0 Å². The van der Waals surface area contributed by atoms with Crippen LogP contribution in [0, 0.1) is 5.92 Å². The van der Waals surface area contributed by atoms with Gasteiger partial charge in [0.25, 0.3) is 0 Å². The third kappa shape index (κ3) is 2.96. The predicted octanol–water partition coefficient (Wildman–Crippen LogP) is 3.71. The van der Waals surface area contributed by atoms with Crippen molar-refractivity contribution in [3.63, 3.8) is 0 Å². The molecular formula is C9H13BrS. The number of hydrogen-bond acceptors (Lipinski definition) is 1. The summed E-state index contributed by atoms with van der Waals surface area (Å²) in [6.45, 7) is 2.25. The van der Waals surface area contributed by atoms with Crippen LogP contribution >= 0.6 is 27.3 Å². The number of halogens is 1. The van der Waals surface area contributed by atoms with Gasteiger partial charge in [0.2, 0.25) is 0 Å². The number of hydrogen-bond donors (Lipinski definition) is 0. The third-order valence-corrected chi connectivity index (χ3v) is 3.55. The maximum atomic E-state index is 3.53. The Morgan fingerprint density at radius 2 is 2.45 bits per heavy atom. The largest absolute Gasteiger partial charge is 0.152 e. The zero-order valence-electron chi connectivity index (χ0n) is 6.72. The van der Waals surface area contributed by atoms with Crippen molar-refractivity contribution in [2.24, 2.45) is 5.92 Å². The van der Waals surface area contributed by atoms with Gasteiger partial charge in [-0.1, -0.05) is 29.3 Å². The molecule has 0 saturated heterocycles. The fraction of sp³-hybridized carbons (Fsp3) is 0.556. The first-order valence-electron chi connectivity index (χ1n) is 3.93. The first kappa shape index (κ1) is 9.27. The van der Waals surface area contributed by atoms with E-state index in [9.17, 15) is 0 Å². The quantitative estimate of drug-likeness (QED) is 0.695. The molecule has 0 fully saturated rings. The molecule has 1 heterocycles. The Labute approximate surface area is 80.8 Å². The van der Waals surface area contributed by atoms with Crippen molar-refractivity contribution >= 4 is 27.3 Å². The van der Waals surface area contributed by atoms with E-state index in [0.29, 0.717) is 0 Å². The van der Waals surface area contributed by atoms with Crippen LogP contribution in [0.5, 0.6) is 0 Å². The van der Waals surface area contributed by atoms with E-state index in [4.69, 9.17) is 0 Å². The molecule has 0 N–H and O–H groups in total. The van der Waals surface area contributed by atoms with E-state index in [0.717, 1.165) is 11.2 Å². The minimum atomic E-state index is 0.810. The Morgan fingerprint density at radius 3 is 2.91 bits per heavy atom. The first-order valence-corrected chi connectivity index (χ1v) is 6.00. The maximum Gasteiger partial charge on any atom is 0.00627 e. The van der Waals surface area contributed by atoms with Crippen molar-refractivity contribution < 1.29 is 0 Å². The van der Waals surface area contributed by atoms with Crippen molar-refractivity contribution in [3.8, 4) is 0 Å². The van der Waals surface area contributed by atoms with Crippen molar-refractivity contribution in [2.75, 3.05) is 5.33 Å². The van der Waals surface area contributed by atoms with Gasteiger partial charge in [0, 0.05) is 5.33 Å². The molecule has 0 spiro atoms. The number of alkyl halides is 1. The maximum absolute atomic E-state index is 3.53. The fourth-order valence-electron chi connectivity index (χ4n) is 1.05. The van der Waals surface area contributed by atoms with Gasteiger partial charge in [-0.05, 0) is 34.7 Å². The van der Waals surface area contributed by atoms with Crippen LogP contribution in [0.4, 0.5) is 0 Å². The molecule has 0 aliphatic rings. The summed E-state index contributed by atoms with van der Waals surface area (Å²) in [5.41, 5.74) is 1.49. The summed E-state index contributed by atoms with van der Waals surface area (Å²) < 4.78 is 0. The van der Waals surface area contributed by atoms with Gasteiger partial charge in [0.1, 0.15) is 0 Å². The number of thiophene rings is 1. The molecule has 2 heteroatoms. The van der Waals surface area contributed by atoms with Gasteiger partial charge in [0.05, 0.1) is 0 Å². The van der Waals surface area contributed by atoms with E-state index in [1.807, 2.05) is 0 Å². The van der Waals surface area contributed by atoms with E-state index >= 15 is 0 Å². The lowest BCUT2D eigenvalue weighted by molar-refractivity contribution is 0.574. The second-order valence-electron chi connectivity index (χ2n) is 2.76. The molecule has 0 nitrogen and oxygen atoms in total. The summed E-state index contributed by atoms with van der Waals surface area (Å²) in [6.07, 6.45) is 2.49. The molecule has 0 bridgehead atoms. The molecule has 0 aromatic carbocycles. The highest BCUT2D eigenvalue weighted by Crippen LogP contribution is 2.16. The van der Waals surface area contributed by atoms with E-state index < -0.39 is 0 Å². The molecule has 1 aromatic rings. The molecular weight excluding hydrogens is 220 g/mol. The molecule has 0 aliphatic heterocycles. The molecule has 1 aromatic heterocycles. The molecule has 0 amide bonds. The van der Waals surface area contributed by atoms with Crippen LogP contribution in [0.2, 0.25) is 0 Å². The second kappa shape index (κ2) is 4.94. The molecule has 62 valence electrons. The van der Waals surface area contributed by atoms with Crippen LogP contribution in [0.25, 0.3) is 0 Å². The Kier molecular flexibility index (Phi) is 4.16. The van der Waals surface area contributed by atoms with Gasteiger partial charge in [-0.2, -0.15) is 11.3 Å². The van der Waals surface area contributed by atoms with Crippen molar-refractivity contribution in [3.05, 3.63) is 22.4 Å². The Balaban J connectivity index is 2.41. The normalized spacial score (nSPS) is 13.3. The SMILES string of the molecule is CCC(CBr)Cc1ccsc1. The van der Waals surface area contributed by atoms with Gasteiger partial charge >= 0.3 is 0 Å². The molecule has 11 heavy (non-hydrogen) atoms. The standard InChI is InChI=1S/C9H13BrS/c1-2-8(6-10)5-9-3-4-11-7-9/h3-4,7-8H,2,5-6H2,1H3. The Bertz CT molecular complexity index is 177. The minimum absolute atomic E-state index is 0.810. The second-order valence-corrected chi connectivity index (χ2v) is 4.19. The van der Waals surface area contributed by atoms with E-state index in [-0.39, 0.29) is 0 Å². The summed E-state index contributed by atoms with van der Waals surface area (Å²) in [7, 11) is 0. The van der Waals surface area contributed by atoms with Gasteiger partial charge in [-0.15, -0.1) is 0 Å². The average molecular weight is 233 g/mol. The molecule has 0 radical (unpaired) electrons. The monoisotopic (exact) mass is 232 g/mol. The zero-order valence-corrected chi connectivity index (χ0v) is 9.12. The molecule has 1 rings (SSSR count). The summed E-state index contributed by atoms with van der Waals surface area (Å²) in [6, 6.07) is 2.22. The number of rotatable bonds is 4. The molecule has 0 saturated carbocycles. The van der Waals surface area contributed by atoms with Crippen LogP contribution in [0.3, 0.4) is 0 Å². The highest BCUT2D eigenvalue weighted by molar-refractivity contribution is 9.09. The summed E-state index contributed by atoms with van der Waals surface area (Å²) in [5.74, 6) is 0.810. The lowest BCUT2D eigenvalue weighted by Gasteiger charge is -2.08. The van der Waals surface area contributed by atoms with Crippen LogP contribution in [0.15, 0.2) is 16.8 Å².